The van der Waals surface area contributed by atoms with Gasteiger partial charge in [-0.1, -0.05) is 37.3 Å². The molecular weight excluding hydrogens is 332 g/mol. The molecule has 3 aromatic rings. The van der Waals surface area contributed by atoms with Crippen LogP contribution >= 0.6 is 0 Å². The molecule has 1 unspecified atom stereocenters. The molecule has 0 bridgehead atoms. The Hall–Kier alpha value is -3.22. The number of rotatable bonds is 6. The number of nitrogens with zero attached hydrogens (tertiary/aromatic N) is 3. The molecular formula is C19H20N4O3. The van der Waals surface area contributed by atoms with Crippen LogP contribution in [0.3, 0.4) is 0 Å². The molecule has 0 fully saturated rings. The summed E-state index contributed by atoms with van der Waals surface area (Å²) >= 11 is 0. The van der Waals surface area contributed by atoms with Gasteiger partial charge in [-0.25, -0.2) is 9.50 Å². The number of nitrogens with one attached hydrogen (secondary N) is 1. The van der Waals surface area contributed by atoms with Gasteiger partial charge in [0.15, 0.2) is 5.65 Å². The second-order valence-electron chi connectivity index (χ2n) is 6.18. The number of fused-ring (bicyclic) bond motifs is 1. The molecule has 2 aromatic heterocycles. The lowest BCUT2D eigenvalue weighted by atomic mass is 9.78. The van der Waals surface area contributed by atoms with Crippen LogP contribution in [-0.4, -0.2) is 38.1 Å². The highest BCUT2D eigenvalue weighted by atomic mass is 16.4. The zero-order valence-electron chi connectivity index (χ0n) is 14.6. The maximum atomic E-state index is 12.7. The molecule has 1 amide bonds. The summed E-state index contributed by atoms with van der Waals surface area (Å²) < 4.78 is 1.52. The van der Waals surface area contributed by atoms with Crippen LogP contribution in [0.2, 0.25) is 0 Å². The van der Waals surface area contributed by atoms with E-state index in [-0.39, 0.29) is 6.54 Å². The van der Waals surface area contributed by atoms with Gasteiger partial charge in [-0.2, -0.15) is 5.10 Å². The third kappa shape index (κ3) is 3.03. The van der Waals surface area contributed by atoms with Crippen LogP contribution in [0.1, 0.15) is 35.0 Å². The first kappa shape index (κ1) is 17.6. The van der Waals surface area contributed by atoms with Gasteiger partial charge in [0.25, 0.3) is 5.91 Å². The molecule has 2 heterocycles. The van der Waals surface area contributed by atoms with Gasteiger partial charge in [-0.05, 0) is 25.0 Å². The van der Waals surface area contributed by atoms with Crippen molar-refractivity contribution in [2.24, 2.45) is 0 Å². The minimum absolute atomic E-state index is 0.0230. The topological polar surface area (TPSA) is 96.6 Å². The van der Waals surface area contributed by atoms with Crippen molar-refractivity contribution < 1.29 is 14.7 Å². The number of amides is 1. The first-order chi connectivity index (χ1) is 12.5. The Balaban J connectivity index is 1.88. The molecule has 26 heavy (non-hydrogen) atoms. The number of aromatic nitrogens is 3. The zero-order valence-corrected chi connectivity index (χ0v) is 14.6. The number of aryl methyl sites for hydroxylation is 1. The van der Waals surface area contributed by atoms with Crippen molar-refractivity contribution in [3.05, 3.63) is 65.6 Å². The SMILES string of the molecule is CCC(CNC(=O)c1cnn2ccc(C)nc12)(C(=O)O)c1ccccc1. The van der Waals surface area contributed by atoms with E-state index in [1.54, 1.807) is 43.5 Å². The molecule has 1 aromatic carbocycles. The van der Waals surface area contributed by atoms with Crippen LogP contribution in [0, 0.1) is 6.92 Å². The zero-order chi connectivity index (χ0) is 18.7. The molecule has 7 nitrogen and oxygen atoms in total. The van der Waals surface area contributed by atoms with Crippen LogP contribution in [0.15, 0.2) is 48.8 Å². The standard InChI is InChI=1S/C19H20N4O3/c1-3-19(18(25)26,14-7-5-4-6-8-14)12-20-17(24)15-11-21-23-10-9-13(2)22-16(15)23/h4-11H,3,12H2,1-2H3,(H,20,24)(H,25,26). The highest BCUT2D eigenvalue weighted by Crippen LogP contribution is 2.28. The second-order valence-corrected chi connectivity index (χ2v) is 6.18. The fourth-order valence-corrected chi connectivity index (χ4v) is 2.98. The summed E-state index contributed by atoms with van der Waals surface area (Å²) in [5.41, 5.74) is 0.995. The van der Waals surface area contributed by atoms with Gasteiger partial charge >= 0.3 is 5.97 Å². The van der Waals surface area contributed by atoms with Crippen LogP contribution in [-0.2, 0) is 10.2 Å². The van der Waals surface area contributed by atoms with E-state index in [0.717, 1.165) is 5.69 Å². The highest BCUT2D eigenvalue weighted by molar-refractivity contribution is 6.00. The van der Waals surface area contributed by atoms with Crippen molar-refractivity contribution in [1.82, 2.24) is 19.9 Å². The van der Waals surface area contributed by atoms with Gasteiger partial charge in [0.05, 0.1) is 6.20 Å². The molecule has 0 saturated carbocycles. The lowest BCUT2D eigenvalue weighted by Gasteiger charge is -2.29. The first-order valence-electron chi connectivity index (χ1n) is 8.36. The minimum Gasteiger partial charge on any atom is -0.481 e. The molecule has 0 saturated heterocycles. The number of benzene rings is 1. The van der Waals surface area contributed by atoms with Gasteiger partial charge in [0.1, 0.15) is 11.0 Å². The lowest BCUT2D eigenvalue weighted by molar-refractivity contribution is -0.143. The normalized spacial score (nSPS) is 13.3. The maximum Gasteiger partial charge on any atom is 0.315 e. The molecule has 0 aliphatic rings. The molecule has 7 heteroatoms. The molecule has 2 N–H and O–H groups in total. The number of hydrogen-bond donors (Lipinski definition) is 2. The Morgan fingerprint density at radius 1 is 1.23 bits per heavy atom. The van der Waals surface area contributed by atoms with Crippen molar-refractivity contribution >= 4 is 17.5 Å². The summed E-state index contributed by atoms with van der Waals surface area (Å²) in [6.45, 7) is 3.61. The van der Waals surface area contributed by atoms with E-state index in [4.69, 9.17) is 0 Å². The summed E-state index contributed by atoms with van der Waals surface area (Å²) in [6.07, 6.45) is 3.51. The van der Waals surface area contributed by atoms with Gasteiger partial charge in [-0.3, -0.25) is 9.59 Å². The van der Waals surface area contributed by atoms with Crippen molar-refractivity contribution in [3.63, 3.8) is 0 Å². The number of hydrogen-bond acceptors (Lipinski definition) is 4. The largest absolute Gasteiger partial charge is 0.481 e. The summed E-state index contributed by atoms with van der Waals surface area (Å²) in [5.74, 6) is -1.37. The van der Waals surface area contributed by atoms with Crippen molar-refractivity contribution in [3.8, 4) is 0 Å². The van der Waals surface area contributed by atoms with Gasteiger partial charge in [0, 0.05) is 18.4 Å². The van der Waals surface area contributed by atoms with E-state index in [0.29, 0.717) is 23.2 Å². The van der Waals surface area contributed by atoms with Crippen LogP contribution < -0.4 is 5.32 Å². The third-order valence-electron chi connectivity index (χ3n) is 4.64. The number of carbonyl (C=O) groups is 2. The summed E-state index contributed by atoms with van der Waals surface area (Å²) in [5, 5.41) is 16.7. The predicted octanol–water partition coefficient (Wildman–Crippen LogP) is 2.20. The minimum atomic E-state index is -1.19. The van der Waals surface area contributed by atoms with Gasteiger partial charge in [-0.15, -0.1) is 0 Å². The Morgan fingerprint density at radius 2 is 1.96 bits per heavy atom. The molecule has 0 aliphatic carbocycles. The molecule has 0 radical (unpaired) electrons. The molecule has 0 spiro atoms. The number of aliphatic carboxylic acids is 1. The second kappa shape index (κ2) is 6.95. The quantitative estimate of drug-likeness (QED) is 0.709. The Morgan fingerprint density at radius 3 is 2.62 bits per heavy atom. The fourth-order valence-electron chi connectivity index (χ4n) is 2.98. The van der Waals surface area contributed by atoms with Gasteiger partial charge in [0.2, 0.25) is 0 Å². The summed E-state index contributed by atoms with van der Waals surface area (Å²) in [4.78, 5) is 29.0. The van der Waals surface area contributed by atoms with Crippen LogP contribution in [0.25, 0.3) is 5.65 Å². The van der Waals surface area contributed by atoms with Crippen molar-refractivity contribution in [2.45, 2.75) is 25.7 Å². The van der Waals surface area contributed by atoms with Gasteiger partial charge < -0.3 is 10.4 Å². The number of carboxylic acids is 1. The molecule has 0 aliphatic heterocycles. The number of carbonyl (C=O) groups excluding carboxylic acids is 1. The molecule has 134 valence electrons. The lowest BCUT2D eigenvalue weighted by Crippen LogP contribution is -2.46. The Labute approximate surface area is 150 Å². The van der Waals surface area contributed by atoms with E-state index in [9.17, 15) is 14.7 Å². The van der Waals surface area contributed by atoms with E-state index in [1.807, 2.05) is 13.0 Å². The molecule has 3 rings (SSSR count). The molecule has 1 atom stereocenters. The third-order valence-corrected chi connectivity index (χ3v) is 4.64. The van der Waals surface area contributed by atoms with Crippen molar-refractivity contribution in [1.29, 1.82) is 0 Å². The Kier molecular flexibility index (Phi) is 4.71. The van der Waals surface area contributed by atoms with E-state index in [1.165, 1.54) is 10.7 Å². The smallest absolute Gasteiger partial charge is 0.315 e. The summed E-state index contributed by atoms with van der Waals surface area (Å²) in [6, 6.07) is 10.7. The summed E-state index contributed by atoms with van der Waals surface area (Å²) in [7, 11) is 0. The van der Waals surface area contributed by atoms with E-state index < -0.39 is 17.3 Å². The van der Waals surface area contributed by atoms with Crippen LogP contribution in [0.4, 0.5) is 0 Å². The maximum absolute atomic E-state index is 12.7. The average molecular weight is 352 g/mol. The van der Waals surface area contributed by atoms with E-state index in [2.05, 4.69) is 15.4 Å². The van der Waals surface area contributed by atoms with Crippen molar-refractivity contribution in [2.75, 3.05) is 6.54 Å². The fraction of sp³-hybridized carbons (Fsp3) is 0.263. The Bertz CT molecular complexity index is 952. The average Bonchev–Trinajstić information content (AvgIpc) is 3.06. The van der Waals surface area contributed by atoms with E-state index >= 15 is 0 Å². The highest BCUT2D eigenvalue weighted by Gasteiger charge is 2.39. The number of carboxylic acid groups (broad SMARTS) is 1. The monoisotopic (exact) mass is 352 g/mol. The first-order valence-corrected chi connectivity index (χ1v) is 8.36. The predicted molar refractivity (Wildman–Crippen MR) is 96.1 cm³/mol. The van der Waals surface area contributed by atoms with Crippen LogP contribution in [0.5, 0.6) is 0 Å².